The summed E-state index contributed by atoms with van der Waals surface area (Å²) in [6.07, 6.45) is 2.87. The molecular weight excluding hydrogens is 336 g/mol. The SMILES string of the molecule is CN=C(NCC1(N(C)C)CCSC1)N1CCN(Cc2ccon2)CC1. The Bertz CT molecular complexity index is 547. The Morgan fingerprint density at radius 1 is 1.40 bits per heavy atom. The molecule has 1 aromatic heterocycles. The van der Waals surface area contributed by atoms with Gasteiger partial charge in [0.15, 0.2) is 5.96 Å². The lowest BCUT2D eigenvalue weighted by atomic mass is 9.97. The molecule has 0 aliphatic carbocycles. The molecule has 0 bridgehead atoms. The molecule has 1 N–H and O–H groups in total. The predicted molar refractivity (Wildman–Crippen MR) is 103 cm³/mol. The van der Waals surface area contributed by atoms with Gasteiger partial charge in [0.1, 0.15) is 6.26 Å². The van der Waals surface area contributed by atoms with E-state index in [9.17, 15) is 0 Å². The standard InChI is InChI=1S/C17H30N6OS/c1-18-16(19-13-17(21(2)3)5-11-25-14-17)23-8-6-22(7-9-23)12-15-4-10-24-20-15/h4,10H,5-9,11-14H2,1-3H3,(H,18,19). The summed E-state index contributed by atoms with van der Waals surface area (Å²) in [7, 11) is 6.27. The van der Waals surface area contributed by atoms with Crippen LogP contribution in [0, 0.1) is 0 Å². The lowest BCUT2D eigenvalue weighted by Crippen LogP contribution is -2.57. The highest BCUT2D eigenvalue weighted by atomic mass is 32.2. The van der Waals surface area contributed by atoms with E-state index in [0.717, 1.165) is 50.9 Å². The van der Waals surface area contributed by atoms with Gasteiger partial charge in [-0.3, -0.25) is 9.89 Å². The number of piperazine rings is 1. The highest BCUT2D eigenvalue weighted by Gasteiger charge is 2.37. The third-order valence-electron chi connectivity index (χ3n) is 5.37. The van der Waals surface area contributed by atoms with Crippen molar-refractivity contribution in [3.8, 4) is 0 Å². The number of nitrogens with one attached hydrogen (secondary N) is 1. The maximum absolute atomic E-state index is 4.92. The molecule has 1 unspecified atom stereocenters. The second kappa shape index (κ2) is 8.42. The average Bonchev–Trinajstić information content (AvgIpc) is 3.29. The maximum Gasteiger partial charge on any atom is 0.193 e. The van der Waals surface area contributed by atoms with Gasteiger partial charge in [0.05, 0.1) is 5.69 Å². The molecule has 0 radical (unpaired) electrons. The third kappa shape index (κ3) is 4.48. The van der Waals surface area contributed by atoms with Crippen molar-refractivity contribution in [3.05, 3.63) is 18.0 Å². The maximum atomic E-state index is 4.92. The van der Waals surface area contributed by atoms with Crippen LogP contribution in [0.2, 0.25) is 0 Å². The summed E-state index contributed by atoms with van der Waals surface area (Å²) in [4.78, 5) is 11.7. The first-order valence-electron chi connectivity index (χ1n) is 8.95. The molecule has 1 atom stereocenters. The first kappa shape index (κ1) is 18.5. The quantitative estimate of drug-likeness (QED) is 0.611. The highest BCUT2D eigenvalue weighted by Crippen LogP contribution is 2.31. The molecule has 3 heterocycles. The second-order valence-corrected chi connectivity index (χ2v) is 8.18. The Morgan fingerprint density at radius 3 is 2.76 bits per heavy atom. The number of aromatic nitrogens is 1. The molecule has 1 aromatic rings. The number of nitrogens with zero attached hydrogens (tertiary/aromatic N) is 5. The molecule has 2 fully saturated rings. The van der Waals surface area contributed by atoms with E-state index in [2.05, 4.69) is 56.0 Å². The number of thioether (sulfide) groups is 1. The fraction of sp³-hybridized carbons (Fsp3) is 0.765. The molecule has 0 aromatic carbocycles. The Kier molecular flexibility index (Phi) is 6.24. The number of rotatable bonds is 5. The fourth-order valence-corrected chi connectivity index (χ4v) is 5.04. The molecule has 3 rings (SSSR count). The monoisotopic (exact) mass is 366 g/mol. The van der Waals surface area contributed by atoms with Gasteiger partial charge in [0, 0.05) is 63.7 Å². The van der Waals surface area contributed by atoms with Crippen LogP contribution in [0.4, 0.5) is 0 Å². The molecular formula is C17H30N6OS. The van der Waals surface area contributed by atoms with Crippen molar-refractivity contribution in [2.45, 2.75) is 18.5 Å². The van der Waals surface area contributed by atoms with Crippen molar-refractivity contribution in [1.82, 2.24) is 25.2 Å². The van der Waals surface area contributed by atoms with Gasteiger partial charge in [-0.25, -0.2) is 0 Å². The lowest BCUT2D eigenvalue weighted by molar-refractivity contribution is 0.161. The van der Waals surface area contributed by atoms with Crippen LogP contribution >= 0.6 is 11.8 Å². The number of hydrogen-bond donors (Lipinski definition) is 1. The fourth-order valence-electron chi connectivity index (χ4n) is 3.49. The lowest BCUT2D eigenvalue weighted by Gasteiger charge is -2.39. The molecule has 0 spiro atoms. The minimum atomic E-state index is 0.245. The largest absolute Gasteiger partial charge is 0.364 e. The van der Waals surface area contributed by atoms with Gasteiger partial charge in [-0.15, -0.1) is 0 Å². The summed E-state index contributed by atoms with van der Waals surface area (Å²) in [5.74, 6) is 3.47. The van der Waals surface area contributed by atoms with Crippen molar-refractivity contribution < 1.29 is 4.52 Å². The third-order valence-corrected chi connectivity index (χ3v) is 6.60. The first-order chi connectivity index (χ1) is 12.1. The Morgan fingerprint density at radius 2 is 2.20 bits per heavy atom. The minimum absolute atomic E-state index is 0.245. The van der Waals surface area contributed by atoms with E-state index in [1.807, 2.05) is 13.1 Å². The zero-order chi connectivity index (χ0) is 17.7. The molecule has 0 amide bonds. The highest BCUT2D eigenvalue weighted by molar-refractivity contribution is 7.99. The van der Waals surface area contributed by atoms with Crippen LogP contribution in [0.1, 0.15) is 12.1 Å². The summed E-state index contributed by atoms with van der Waals surface area (Å²) >= 11 is 2.05. The van der Waals surface area contributed by atoms with Crippen molar-refractivity contribution in [2.75, 3.05) is 65.4 Å². The topological polar surface area (TPSA) is 60.1 Å². The summed E-state index contributed by atoms with van der Waals surface area (Å²) in [5, 5.41) is 7.64. The zero-order valence-corrected chi connectivity index (χ0v) is 16.4. The van der Waals surface area contributed by atoms with E-state index < -0.39 is 0 Å². The summed E-state index contributed by atoms with van der Waals surface area (Å²) in [5.41, 5.74) is 1.25. The van der Waals surface area contributed by atoms with Gasteiger partial charge in [-0.05, 0) is 26.3 Å². The summed E-state index contributed by atoms with van der Waals surface area (Å²) in [6.45, 7) is 5.82. The van der Waals surface area contributed by atoms with Gasteiger partial charge >= 0.3 is 0 Å². The second-order valence-electron chi connectivity index (χ2n) is 7.08. The number of guanidine groups is 1. The van der Waals surface area contributed by atoms with Crippen molar-refractivity contribution >= 4 is 17.7 Å². The van der Waals surface area contributed by atoms with Crippen LogP contribution in [0.5, 0.6) is 0 Å². The van der Waals surface area contributed by atoms with Gasteiger partial charge < -0.3 is 19.6 Å². The van der Waals surface area contributed by atoms with Crippen LogP contribution in [-0.2, 0) is 6.54 Å². The van der Waals surface area contributed by atoms with Crippen LogP contribution < -0.4 is 5.32 Å². The Balaban J connectivity index is 1.49. The molecule has 7 nitrogen and oxygen atoms in total. The van der Waals surface area contributed by atoms with Gasteiger partial charge in [0.2, 0.25) is 0 Å². The van der Waals surface area contributed by atoms with Crippen molar-refractivity contribution in [2.24, 2.45) is 4.99 Å². The summed E-state index contributed by atoms with van der Waals surface area (Å²) < 4.78 is 4.92. The first-order valence-corrected chi connectivity index (χ1v) is 10.1. The number of aliphatic imine (C=N–C) groups is 1. The smallest absolute Gasteiger partial charge is 0.193 e. The van der Waals surface area contributed by atoms with E-state index >= 15 is 0 Å². The van der Waals surface area contributed by atoms with Crippen LogP contribution in [0.25, 0.3) is 0 Å². The van der Waals surface area contributed by atoms with Gasteiger partial charge in [-0.1, -0.05) is 5.16 Å². The van der Waals surface area contributed by atoms with Crippen molar-refractivity contribution in [3.63, 3.8) is 0 Å². The Hall–Kier alpha value is -1.25. The van der Waals surface area contributed by atoms with E-state index in [4.69, 9.17) is 4.52 Å². The van der Waals surface area contributed by atoms with Gasteiger partial charge in [0.25, 0.3) is 0 Å². The van der Waals surface area contributed by atoms with E-state index in [0.29, 0.717) is 0 Å². The van der Waals surface area contributed by atoms with Crippen LogP contribution in [0.3, 0.4) is 0 Å². The van der Waals surface area contributed by atoms with Crippen molar-refractivity contribution in [1.29, 1.82) is 0 Å². The summed E-state index contributed by atoms with van der Waals surface area (Å²) in [6, 6.07) is 1.94. The van der Waals surface area contributed by atoms with E-state index in [1.54, 1.807) is 6.26 Å². The van der Waals surface area contributed by atoms with Gasteiger partial charge in [-0.2, -0.15) is 11.8 Å². The number of likely N-dealkylation sites (N-methyl/N-ethyl adjacent to an activating group) is 1. The zero-order valence-electron chi connectivity index (χ0n) is 15.6. The van der Waals surface area contributed by atoms with E-state index in [1.165, 1.54) is 17.9 Å². The molecule has 140 valence electrons. The van der Waals surface area contributed by atoms with Crippen LogP contribution in [-0.4, -0.2) is 96.7 Å². The average molecular weight is 367 g/mol. The molecule has 8 heteroatoms. The Labute approximate surface area is 154 Å². The number of hydrogen-bond acceptors (Lipinski definition) is 6. The van der Waals surface area contributed by atoms with Crippen LogP contribution in [0.15, 0.2) is 21.8 Å². The van der Waals surface area contributed by atoms with E-state index in [-0.39, 0.29) is 5.54 Å². The molecule has 2 aliphatic rings. The molecule has 2 aliphatic heterocycles. The molecule has 25 heavy (non-hydrogen) atoms. The molecule has 0 saturated carbocycles. The predicted octanol–water partition coefficient (Wildman–Crippen LogP) is 0.805. The minimum Gasteiger partial charge on any atom is -0.364 e. The normalized spacial score (nSPS) is 25.8. The molecule has 2 saturated heterocycles.